The molecule has 0 atom stereocenters. The summed E-state index contributed by atoms with van der Waals surface area (Å²) in [5.74, 6) is -1.10. The van der Waals surface area contributed by atoms with Crippen LogP contribution in [0.2, 0.25) is 0 Å². The Bertz CT molecular complexity index is 668. The summed E-state index contributed by atoms with van der Waals surface area (Å²) in [5.41, 5.74) is -0.0313. The Labute approximate surface area is 113 Å². The lowest BCUT2D eigenvalue weighted by atomic mass is 10.1. The predicted molar refractivity (Wildman–Crippen MR) is 69.0 cm³/mol. The number of nitrogens with zero attached hydrogens (tertiary/aromatic N) is 2. The summed E-state index contributed by atoms with van der Waals surface area (Å²) in [6.45, 7) is 1.88. The first kappa shape index (κ1) is 13.7. The molecule has 2 aromatic rings. The van der Waals surface area contributed by atoms with Crippen molar-refractivity contribution in [3.8, 4) is 0 Å². The third-order valence-electron chi connectivity index (χ3n) is 2.74. The zero-order chi connectivity index (χ0) is 14.7. The van der Waals surface area contributed by atoms with Crippen molar-refractivity contribution >= 4 is 17.4 Å². The Morgan fingerprint density at radius 3 is 2.95 bits per heavy atom. The van der Waals surface area contributed by atoms with E-state index in [9.17, 15) is 19.3 Å². The molecule has 0 saturated heterocycles. The van der Waals surface area contributed by atoms with Gasteiger partial charge in [0.2, 0.25) is 0 Å². The van der Waals surface area contributed by atoms with E-state index in [1.807, 2.05) is 6.92 Å². The summed E-state index contributed by atoms with van der Waals surface area (Å²) in [6.07, 6.45) is 2.19. The van der Waals surface area contributed by atoms with Crippen molar-refractivity contribution in [1.82, 2.24) is 10.2 Å². The molecule has 0 unspecified atom stereocenters. The number of aromatic amines is 1. The molecule has 0 radical (unpaired) electrons. The molecule has 104 valence electrons. The third kappa shape index (κ3) is 2.63. The van der Waals surface area contributed by atoms with Gasteiger partial charge in [0.1, 0.15) is 17.2 Å². The van der Waals surface area contributed by atoms with Gasteiger partial charge in [0, 0.05) is 5.56 Å². The smallest absolute Gasteiger partial charge is 0.285 e. The molecule has 0 spiro atoms. The Balaban J connectivity index is 2.32. The Morgan fingerprint density at radius 1 is 1.55 bits per heavy atom. The second-order valence-electron chi connectivity index (χ2n) is 4.00. The first-order valence-electron chi connectivity index (χ1n) is 5.80. The predicted octanol–water partition coefficient (Wildman–Crippen LogP) is 2.27. The van der Waals surface area contributed by atoms with E-state index in [4.69, 9.17) is 0 Å². The lowest BCUT2D eigenvalue weighted by Crippen LogP contribution is -2.15. The van der Waals surface area contributed by atoms with Gasteiger partial charge in [-0.3, -0.25) is 20.0 Å². The van der Waals surface area contributed by atoms with E-state index in [1.54, 1.807) is 6.20 Å². The minimum atomic E-state index is -0.800. The molecule has 2 rings (SSSR count). The van der Waals surface area contributed by atoms with Gasteiger partial charge in [-0.25, -0.2) is 4.39 Å². The van der Waals surface area contributed by atoms with Gasteiger partial charge in [-0.1, -0.05) is 6.92 Å². The molecule has 20 heavy (non-hydrogen) atoms. The van der Waals surface area contributed by atoms with Crippen LogP contribution in [0.15, 0.2) is 24.4 Å². The van der Waals surface area contributed by atoms with Gasteiger partial charge >= 0.3 is 0 Å². The van der Waals surface area contributed by atoms with Crippen molar-refractivity contribution < 1.29 is 14.1 Å². The summed E-state index contributed by atoms with van der Waals surface area (Å²) in [4.78, 5) is 22.1. The highest BCUT2D eigenvalue weighted by atomic mass is 19.1. The van der Waals surface area contributed by atoms with E-state index in [0.29, 0.717) is 18.3 Å². The SMILES string of the molecule is CCc1cn[nH]c1NC(=O)c1ccc(F)cc1[N+](=O)[O-]. The molecule has 1 heterocycles. The van der Waals surface area contributed by atoms with Gasteiger partial charge in [0.05, 0.1) is 17.2 Å². The van der Waals surface area contributed by atoms with Crippen molar-refractivity contribution in [2.75, 3.05) is 5.32 Å². The normalized spacial score (nSPS) is 10.3. The van der Waals surface area contributed by atoms with Crippen molar-refractivity contribution in [3.05, 3.63) is 51.5 Å². The summed E-state index contributed by atoms with van der Waals surface area (Å²) in [6, 6.07) is 2.78. The van der Waals surface area contributed by atoms with Gasteiger partial charge in [-0.05, 0) is 18.6 Å². The molecule has 1 aromatic carbocycles. The number of hydrogen-bond acceptors (Lipinski definition) is 4. The highest BCUT2D eigenvalue weighted by Crippen LogP contribution is 2.21. The highest BCUT2D eigenvalue weighted by Gasteiger charge is 2.21. The van der Waals surface area contributed by atoms with E-state index in [2.05, 4.69) is 15.5 Å². The van der Waals surface area contributed by atoms with Gasteiger partial charge in [-0.2, -0.15) is 5.10 Å². The second-order valence-corrected chi connectivity index (χ2v) is 4.00. The van der Waals surface area contributed by atoms with Crippen LogP contribution in [0.25, 0.3) is 0 Å². The van der Waals surface area contributed by atoms with Gasteiger partial charge in [0.15, 0.2) is 0 Å². The second kappa shape index (κ2) is 5.47. The number of anilines is 1. The van der Waals surface area contributed by atoms with Crippen LogP contribution in [0.3, 0.4) is 0 Å². The maximum atomic E-state index is 13.0. The number of carbonyl (C=O) groups is 1. The molecular weight excluding hydrogens is 267 g/mol. The number of nitrogens with one attached hydrogen (secondary N) is 2. The first-order valence-corrected chi connectivity index (χ1v) is 5.80. The number of hydrogen-bond donors (Lipinski definition) is 2. The van der Waals surface area contributed by atoms with E-state index in [-0.39, 0.29) is 5.56 Å². The Morgan fingerprint density at radius 2 is 2.30 bits per heavy atom. The van der Waals surface area contributed by atoms with Crippen LogP contribution in [-0.2, 0) is 6.42 Å². The number of benzene rings is 1. The van der Waals surface area contributed by atoms with E-state index in [0.717, 1.165) is 17.7 Å². The van der Waals surface area contributed by atoms with Crippen molar-refractivity contribution in [3.63, 3.8) is 0 Å². The molecule has 0 aliphatic rings. The van der Waals surface area contributed by atoms with Gasteiger partial charge in [-0.15, -0.1) is 0 Å². The van der Waals surface area contributed by atoms with Crippen molar-refractivity contribution in [2.45, 2.75) is 13.3 Å². The van der Waals surface area contributed by atoms with Crippen LogP contribution in [0.4, 0.5) is 15.9 Å². The summed E-state index contributed by atoms with van der Waals surface area (Å²) < 4.78 is 13.0. The van der Waals surface area contributed by atoms with Crippen LogP contribution < -0.4 is 5.32 Å². The van der Waals surface area contributed by atoms with E-state index in [1.165, 1.54) is 0 Å². The number of nitro benzene ring substituents is 1. The lowest BCUT2D eigenvalue weighted by molar-refractivity contribution is -0.385. The van der Waals surface area contributed by atoms with Crippen LogP contribution in [0.1, 0.15) is 22.8 Å². The standard InChI is InChI=1S/C12H11FN4O3/c1-2-7-6-14-16-11(7)15-12(18)9-4-3-8(13)5-10(9)17(19)20/h3-6H,2H2,1H3,(H2,14,15,16,18). The minimum absolute atomic E-state index is 0.215. The highest BCUT2D eigenvalue weighted by molar-refractivity contribution is 6.06. The van der Waals surface area contributed by atoms with Crippen LogP contribution in [0, 0.1) is 15.9 Å². The number of carbonyl (C=O) groups excluding carboxylic acids is 1. The summed E-state index contributed by atoms with van der Waals surface area (Å²) >= 11 is 0. The topological polar surface area (TPSA) is 101 Å². The molecule has 0 saturated carbocycles. The Kier molecular flexibility index (Phi) is 3.74. The fraction of sp³-hybridized carbons (Fsp3) is 0.167. The Hall–Kier alpha value is -2.77. The number of aryl methyl sites for hydroxylation is 1. The number of halogens is 1. The number of amides is 1. The number of H-pyrrole nitrogens is 1. The lowest BCUT2D eigenvalue weighted by Gasteiger charge is -2.05. The van der Waals surface area contributed by atoms with Crippen LogP contribution in [0.5, 0.6) is 0 Å². The maximum Gasteiger partial charge on any atom is 0.285 e. The van der Waals surface area contributed by atoms with Crippen molar-refractivity contribution in [1.29, 1.82) is 0 Å². The zero-order valence-electron chi connectivity index (χ0n) is 10.5. The minimum Gasteiger partial charge on any atom is -0.306 e. The summed E-state index contributed by atoms with van der Waals surface area (Å²) in [5, 5.41) is 19.7. The molecular formula is C12H11FN4O3. The average Bonchev–Trinajstić information content (AvgIpc) is 2.85. The van der Waals surface area contributed by atoms with Crippen LogP contribution >= 0.6 is 0 Å². The summed E-state index contributed by atoms with van der Waals surface area (Å²) in [7, 11) is 0. The zero-order valence-corrected chi connectivity index (χ0v) is 10.5. The first-order chi connectivity index (χ1) is 9.52. The molecule has 1 amide bonds. The molecule has 1 aromatic heterocycles. The van der Waals surface area contributed by atoms with E-state index >= 15 is 0 Å². The van der Waals surface area contributed by atoms with Gasteiger partial charge in [0.25, 0.3) is 11.6 Å². The average molecular weight is 278 g/mol. The molecule has 7 nitrogen and oxygen atoms in total. The number of rotatable bonds is 4. The molecule has 2 N–H and O–H groups in total. The molecule has 8 heteroatoms. The quantitative estimate of drug-likeness (QED) is 0.661. The molecule has 0 fully saturated rings. The molecule has 0 bridgehead atoms. The monoisotopic (exact) mass is 278 g/mol. The fourth-order valence-electron chi connectivity index (χ4n) is 1.72. The van der Waals surface area contributed by atoms with Crippen molar-refractivity contribution in [2.24, 2.45) is 0 Å². The number of nitro groups is 1. The largest absolute Gasteiger partial charge is 0.306 e. The molecule has 0 aliphatic heterocycles. The number of aromatic nitrogens is 2. The third-order valence-corrected chi connectivity index (χ3v) is 2.74. The fourth-order valence-corrected chi connectivity index (χ4v) is 1.72. The van der Waals surface area contributed by atoms with E-state index < -0.39 is 22.3 Å². The molecule has 0 aliphatic carbocycles. The maximum absolute atomic E-state index is 13.0. The van der Waals surface area contributed by atoms with Crippen LogP contribution in [-0.4, -0.2) is 21.0 Å². The van der Waals surface area contributed by atoms with Gasteiger partial charge < -0.3 is 5.32 Å².